The maximum absolute atomic E-state index is 10.8. The molecule has 0 atom stereocenters. The van der Waals surface area contributed by atoms with Crippen LogP contribution in [-0.4, -0.2) is 25.5 Å². The Kier molecular flexibility index (Phi) is 5.61. The Labute approximate surface area is 124 Å². The summed E-state index contributed by atoms with van der Waals surface area (Å²) >= 11 is 0. The van der Waals surface area contributed by atoms with Gasteiger partial charge in [-0.15, -0.1) is 0 Å². The molecule has 0 heterocycles. The SMILES string of the molecule is CC(=C[C@H]1CC[C@@H](O[Si](C)(C)C(C)(C)C)CC1)C(=O)O. The first kappa shape index (κ1) is 17.4. The maximum atomic E-state index is 10.8. The second-order valence-electron chi connectivity index (χ2n) is 7.57. The first-order valence-electron chi connectivity index (χ1n) is 7.62. The molecule has 1 saturated carbocycles. The molecule has 0 bridgehead atoms. The van der Waals surface area contributed by atoms with E-state index in [1.54, 1.807) is 6.92 Å². The predicted molar refractivity (Wildman–Crippen MR) is 85.4 cm³/mol. The smallest absolute Gasteiger partial charge is 0.330 e. The van der Waals surface area contributed by atoms with Crippen LogP contribution in [0.5, 0.6) is 0 Å². The molecular formula is C16H30O3Si. The molecule has 1 fully saturated rings. The minimum Gasteiger partial charge on any atom is -0.478 e. The highest BCUT2D eigenvalue weighted by atomic mass is 28.4. The van der Waals surface area contributed by atoms with Crippen molar-refractivity contribution in [1.82, 2.24) is 0 Å². The molecule has 4 heteroatoms. The molecule has 0 aliphatic heterocycles. The van der Waals surface area contributed by atoms with E-state index >= 15 is 0 Å². The lowest BCUT2D eigenvalue weighted by molar-refractivity contribution is -0.132. The molecule has 1 N–H and O–H groups in total. The fraction of sp³-hybridized carbons (Fsp3) is 0.812. The molecule has 1 aliphatic rings. The monoisotopic (exact) mass is 298 g/mol. The van der Waals surface area contributed by atoms with Crippen molar-refractivity contribution in [2.45, 2.75) is 77.6 Å². The first-order chi connectivity index (χ1) is 9.03. The Bertz CT molecular complexity index is 372. The zero-order chi connectivity index (χ0) is 15.6. The van der Waals surface area contributed by atoms with Crippen LogP contribution in [0.4, 0.5) is 0 Å². The fourth-order valence-electron chi connectivity index (χ4n) is 2.39. The van der Waals surface area contributed by atoms with E-state index in [-0.39, 0.29) is 5.04 Å². The summed E-state index contributed by atoms with van der Waals surface area (Å²) in [5.74, 6) is -0.394. The summed E-state index contributed by atoms with van der Waals surface area (Å²) in [5.41, 5.74) is 0.471. The summed E-state index contributed by atoms with van der Waals surface area (Å²) in [6, 6.07) is 0. The van der Waals surface area contributed by atoms with Crippen LogP contribution in [0, 0.1) is 5.92 Å². The third-order valence-electron chi connectivity index (χ3n) is 4.81. The zero-order valence-electron chi connectivity index (χ0n) is 13.8. The molecule has 0 aromatic carbocycles. The molecule has 0 aromatic heterocycles. The minimum absolute atomic E-state index is 0.254. The maximum Gasteiger partial charge on any atom is 0.330 e. The van der Waals surface area contributed by atoms with Crippen molar-refractivity contribution < 1.29 is 14.3 Å². The fourth-order valence-corrected chi connectivity index (χ4v) is 3.81. The van der Waals surface area contributed by atoms with E-state index in [0.717, 1.165) is 25.7 Å². The van der Waals surface area contributed by atoms with Gasteiger partial charge in [0, 0.05) is 11.7 Å². The second kappa shape index (κ2) is 6.44. The average Bonchev–Trinajstić information content (AvgIpc) is 2.29. The molecule has 1 rings (SSSR count). The summed E-state index contributed by atoms with van der Waals surface area (Å²) in [6.45, 7) is 13.1. The van der Waals surface area contributed by atoms with Gasteiger partial charge in [0.1, 0.15) is 0 Å². The molecule has 0 saturated heterocycles. The van der Waals surface area contributed by atoms with Crippen LogP contribution < -0.4 is 0 Å². The number of carbonyl (C=O) groups is 1. The number of carboxylic acid groups (broad SMARTS) is 1. The second-order valence-corrected chi connectivity index (χ2v) is 12.3. The lowest BCUT2D eigenvalue weighted by atomic mass is 9.86. The Morgan fingerprint density at radius 1 is 1.20 bits per heavy atom. The number of carboxylic acids is 1. The normalized spacial score (nSPS) is 25.6. The van der Waals surface area contributed by atoms with Crippen LogP contribution in [0.1, 0.15) is 53.4 Å². The van der Waals surface area contributed by atoms with Gasteiger partial charge in [-0.3, -0.25) is 0 Å². The molecule has 116 valence electrons. The largest absolute Gasteiger partial charge is 0.478 e. The van der Waals surface area contributed by atoms with E-state index in [1.807, 2.05) is 6.08 Å². The van der Waals surface area contributed by atoms with Gasteiger partial charge in [0.05, 0.1) is 0 Å². The Balaban J connectivity index is 2.51. The van der Waals surface area contributed by atoms with E-state index in [1.165, 1.54) is 0 Å². The van der Waals surface area contributed by atoms with Gasteiger partial charge in [-0.05, 0) is 56.7 Å². The Hall–Kier alpha value is -0.613. The molecule has 0 spiro atoms. The molecule has 3 nitrogen and oxygen atoms in total. The summed E-state index contributed by atoms with van der Waals surface area (Å²) in [5, 5.41) is 9.17. The summed E-state index contributed by atoms with van der Waals surface area (Å²) < 4.78 is 6.45. The van der Waals surface area contributed by atoms with E-state index in [4.69, 9.17) is 9.53 Å². The van der Waals surface area contributed by atoms with E-state index in [0.29, 0.717) is 17.6 Å². The molecular weight excluding hydrogens is 268 g/mol. The minimum atomic E-state index is -1.67. The Morgan fingerprint density at radius 2 is 1.70 bits per heavy atom. The van der Waals surface area contributed by atoms with E-state index < -0.39 is 14.3 Å². The topological polar surface area (TPSA) is 46.5 Å². The standard InChI is InChI=1S/C16H30O3Si/c1-12(15(17)18)11-13-7-9-14(10-8-13)19-20(5,6)16(2,3)4/h11,13-14H,7-10H2,1-6H3,(H,17,18)/t13-,14+. The highest BCUT2D eigenvalue weighted by molar-refractivity contribution is 6.74. The highest BCUT2D eigenvalue weighted by Crippen LogP contribution is 2.39. The van der Waals surface area contributed by atoms with Gasteiger partial charge in [0.25, 0.3) is 0 Å². The average molecular weight is 298 g/mol. The third-order valence-corrected chi connectivity index (χ3v) is 9.34. The molecule has 0 aromatic rings. The number of hydrogen-bond acceptors (Lipinski definition) is 2. The van der Waals surface area contributed by atoms with Gasteiger partial charge < -0.3 is 9.53 Å². The highest BCUT2D eigenvalue weighted by Gasteiger charge is 2.39. The third kappa shape index (κ3) is 4.74. The summed E-state index contributed by atoms with van der Waals surface area (Å²) in [4.78, 5) is 10.8. The quantitative estimate of drug-likeness (QED) is 0.609. The van der Waals surface area contributed by atoms with Crippen molar-refractivity contribution in [3.63, 3.8) is 0 Å². The van der Waals surface area contributed by atoms with Gasteiger partial charge >= 0.3 is 5.97 Å². The number of rotatable bonds is 4. The molecule has 0 amide bonds. The Morgan fingerprint density at radius 3 is 2.10 bits per heavy atom. The molecule has 20 heavy (non-hydrogen) atoms. The molecule has 0 unspecified atom stereocenters. The van der Waals surface area contributed by atoms with Crippen molar-refractivity contribution in [1.29, 1.82) is 0 Å². The zero-order valence-corrected chi connectivity index (χ0v) is 14.8. The van der Waals surface area contributed by atoms with Gasteiger partial charge in [0.2, 0.25) is 0 Å². The number of aliphatic carboxylic acids is 1. The van der Waals surface area contributed by atoms with Crippen LogP contribution in [-0.2, 0) is 9.22 Å². The predicted octanol–water partition coefficient (Wildman–Crippen LogP) is 4.60. The van der Waals surface area contributed by atoms with Gasteiger partial charge in [-0.25, -0.2) is 4.79 Å². The van der Waals surface area contributed by atoms with Crippen LogP contribution in [0.3, 0.4) is 0 Å². The number of hydrogen-bond donors (Lipinski definition) is 1. The number of allylic oxidation sites excluding steroid dienone is 1. The van der Waals surface area contributed by atoms with Crippen molar-refractivity contribution in [3.8, 4) is 0 Å². The van der Waals surface area contributed by atoms with Crippen molar-refractivity contribution >= 4 is 14.3 Å². The van der Waals surface area contributed by atoms with Crippen molar-refractivity contribution in [2.75, 3.05) is 0 Å². The van der Waals surface area contributed by atoms with E-state index in [9.17, 15) is 4.79 Å². The van der Waals surface area contributed by atoms with Crippen LogP contribution in [0.15, 0.2) is 11.6 Å². The van der Waals surface area contributed by atoms with Gasteiger partial charge in [-0.1, -0.05) is 26.8 Å². The lowest BCUT2D eigenvalue weighted by Gasteiger charge is -2.41. The summed E-state index contributed by atoms with van der Waals surface area (Å²) in [7, 11) is -1.67. The van der Waals surface area contributed by atoms with Crippen LogP contribution >= 0.6 is 0 Å². The van der Waals surface area contributed by atoms with E-state index in [2.05, 4.69) is 33.9 Å². The van der Waals surface area contributed by atoms with Crippen molar-refractivity contribution in [2.24, 2.45) is 5.92 Å². The summed E-state index contributed by atoms with van der Waals surface area (Å²) in [6.07, 6.45) is 6.49. The molecule has 1 aliphatic carbocycles. The first-order valence-corrected chi connectivity index (χ1v) is 10.5. The lowest BCUT2D eigenvalue weighted by Crippen LogP contribution is -2.44. The van der Waals surface area contributed by atoms with Gasteiger partial charge in [0.15, 0.2) is 8.32 Å². The van der Waals surface area contributed by atoms with Crippen molar-refractivity contribution in [3.05, 3.63) is 11.6 Å². The van der Waals surface area contributed by atoms with Crippen LogP contribution in [0.2, 0.25) is 18.1 Å². The van der Waals surface area contributed by atoms with Crippen LogP contribution in [0.25, 0.3) is 0 Å². The van der Waals surface area contributed by atoms with Gasteiger partial charge in [-0.2, -0.15) is 0 Å². The molecule has 0 radical (unpaired) electrons.